The maximum absolute atomic E-state index is 12.8. The molecule has 0 fully saturated rings. The van der Waals surface area contributed by atoms with Crippen LogP contribution >= 0.6 is 11.6 Å². The van der Waals surface area contributed by atoms with Crippen molar-refractivity contribution in [1.82, 2.24) is 4.98 Å². The van der Waals surface area contributed by atoms with Crippen LogP contribution in [0.25, 0.3) is 0 Å². The van der Waals surface area contributed by atoms with Gasteiger partial charge in [-0.1, -0.05) is 41.9 Å². The third kappa shape index (κ3) is 5.62. The molecule has 0 amide bonds. The summed E-state index contributed by atoms with van der Waals surface area (Å²) in [5, 5.41) is 12.2. The summed E-state index contributed by atoms with van der Waals surface area (Å²) in [6, 6.07) is 13.6. The van der Waals surface area contributed by atoms with E-state index in [4.69, 9.17) is 21.2 Å². The molecule has 0 saturated carbocycles. The first-order valence-corrected chi connectivity index (χ1v) is 9.12. The van der Waals surface area contributed by atoms with Crippen LogP contribution in [0.4, 0.5) is 24.5 Å². The second-order valence-electron chi connectivity index (χ2n) is 6.27. The van der Waals surface area contributed by atoms with Crippen LogP contribution < -0.4 is 9.80 Å². The third-order valence-corrected chi connectivity index (χ3v) is 4.37. The second-order valence-corrected chi connectivity index (χ2v) is 6.68. The smallest absolute Gasteiger partial charge is 0.417 e. The molecule has 0 bridgehead atoms. The lowest BCUT2D eigenvalue weighted by Gasteiger charge is -2.19. The number of alkyl halides is 3. The first kappa shape index (κ1) is 22.3. The number of aromatic nitrogens is 1. The maximum Gasteiger partial charge on any atom is 0.417 e. The molecular formula is C20H15ClF3N3O4. The van der Waals surface area contributed by atoms with Gasteiger partial charge in [-0.2, -0.15) is 13.2 Å². The molecule has 0 aliphatic rings. The Morgan fingerprint density at radius 1 is 1.16 bits per heavy atom. The van der Waals surface area contributed by atoms with E-state index >= 15 is 0 Å². The first-order chi connectivity index (χ1) is 14.6. The highest BCUT2D eigenvalue weighted by atomic mass is 35.5. The highest BCUT2D eigenvalue weighted by Gasteiger charge is 2.32. The maximum atomic E-state index is 12.8. The Kier molecular flexibility index (Phi) is 6.62. The zero-order chi connectivity index (χ0) is 22.6. The van der Waals surface area contributed by atoms with E-state index in [0.29, 0.717) is 12.3 Å². The number of pyridine rings is 1. The molecule has 162 valence electrons. The van der Waals surface area contributed by atoms with E-state index < -0.39 is 16.7 Å². The van der Waals surface area contributed by atoms with Crippen molar-refractivity contribution >= 4 is 23.0 Å². The quantitative estimate of drug-likeness (QED) is 0.321. The average Bonchev–Trinajstić information content (AvgIpc) is 2.73. The van der Waals surface area contributed by atoms with Crippen LogP contribution in [0.15, 0.2) is 60.8 Å². The molecule has 0 unspecified atom stereocenters. The molecule has 11 heteroatoms. The zero-order valence-corrected chi connectivity index (χ0v) is 16.7. The topological polar surface area (TPSA) is 77.7 Å². The largest absolute Gasteiger partial charge is 0.437 e. The zero-order valence-electron chi connectivity index (χ0n) is 16.0. The van der Waals surface area contributed by atoms with Crippen LogP contribution in [0, 0.1) is 10.1 Å². The number of benzene rings is 2. The van der Waals surface area contributed by atoms with Crippen molar-refractivity contribution in [3.05, 3.63) is 87.1 Å². The lowest BCUT2D eigenvalue weighted by atomic mass is 10.2. The van der Waals surface area contributed by atoms with E-state index in [1.165, 1.54) is 30.3 Å². The molecule has 1 aromatic heterocycles. The van der Waals surface area contributed by atoms with Gasteiger partial charge in [0, 0.05) is 25.4 Å². The number of anilines is 1. The van der Waals surface area contributed by atoms with Gasteiger partial charge in [0.1, 0.15) is 16.5 Å². The van der Waals surface area contributed by atoms with Crippen LogP contribution in [0.1, 0.15) is 11.1 Å². The Balaban J connectivity index is 1.83. The van der Waals surface area contributed by atoms with Gasteiger partial charge >= 0.3 is 6.18 Å². The minimum atomic E-state index is -4.60. The van der Waals surface area contributed by atoms with Gasteiger partial charge in [-0.05, 0) is 17.7 Å². The van der Waals surface area contributed by atoms with Gasteiger partial charge in [0.15, 0.2) is 0 Å². The number of nitro benzene ring substituents is 1. The van der Waals surface area contributed by atoms with Gasteiger partial charge < -0.3 is 4.74 Å². The van der Waals surface area contributed by atoms with Crippen molar-refractivity contribution < 1.29 is 27.7 Å². The fourth-order valence-corrected chi connectivity index (χ4v) is 2.76. The van der Waals surface area contributed by atoms with Crippen molar-refractivity contribution in [2.24, 2.45) is 0 Å². The number of hydroxylamine groups is 1. The van der Waals surface area contributed by atoms with Crippen molar-refractivity contribution in [3.63, 3.8) is 0 Å². The molecule has 0 saturated heterocycles. The number of halogens is 4. The molecule has 2 aromatic carbocycles. The summed E-state index contributed by atoms with van der Waals surface area (Å²) in [6.45, 7) is 0.159. The molecule has 0 radical (unpaired) electrons. The third-order valence-electron chi connectivity index (χ3n) is 4.10. The van der Waals surface area contributed by atoms with Crippen LogP contribution in [0.2, 0.25) is 5.02 Å². The molecule has 7 nitrogen and oxygen atoms in total. The molecule has 1 heterocycles. The van der Waals surface area contributed by atoms with Gasteiger partial charge in [-0.3, -0.25) is 15.0 Å². The minimum Gasteiger partial charge on any atom is -0.437 e. The number of hydrogen-bond donors (Lipinski definition) is 0. The Morgan fingerprint density at radius 3 is 2.48 bits per heavy atom. The first-order valence-electron chi connectivity index (χ1n) is 8.75. The highest BCUT2D eigenvalue weighted by molar-refractivity contribution is 6.31. The fraction of sp³-hybridized carbons (Fsp3) is 0.150. The molecule has 3 aromatic rings. The SMILES string of the molecule is CN(OCc1ccccc1)c1cc(Oc2ncc(C(F)(F)F)cc2Cl)ccc1[N+](=O)[O-]. The lowest BCUT2D eigenvalue weighted by molar-refractivity contribution is -0.384. The summed E-state index contributed by atoms with van der Waals surface area (Å²) in [7, 11) is 1.48. The van der Waals surface area contributed by atoms with Crippen LogP contribution in [-0.4, -0.2) is 17.0 Å². The molecule has 0 atom stereocenters. The molecule has 31 heavy (non-hydrogen) atoms. The van der Waals surface area contributed by atoms with E-state index in [9.17, 15) is 23.3 Å². The lowest BCUT2D eigenvalue weighted by Crippen LogP contribution is -2.18. The summed E-state index contributed by atoms with van der Waals surface area (Å²) in [4.78, 5) is 20.0. The number of hydrogen-bond acceptors (Lipinski definition) is 6. The van der Waals surface area contributed by atoms with Crippen molar-refractivity contribution in [1.29, 1.82) is 0 Å². The van der Waals surface area contributed by atoms with Gasteiger partial charge in [0.2, 0.25) is 5.88 Å². The van der Waals surface area contributed by atoms with Gasteiger partial charge in [0.05, 0.1) is 17.1 Å². The van der Waals surface area contributed by atoms with Crippen molar-refractivity contribution in [3.8, 4) is 11.6 Å². The predicted octanol–water partition coefficient (Wildman–Crippen LogP) is 6.02. The van der Waals surface area contributed by atoms with Crippen molar-refractivity contribution in [2.45, 2.75) is 12.8 Å². The molecule has 0 spiro atoms. The highest BCUT2D eigenvalue weighted by Crippen LogP contribution is 2.37. The summed E-state index contributed by atoms with van der Waals surface area (Å²) < 4.78 is 43.7. The number of ether oxygens (including phenoxy) is 1. The van der Waals surface area contributed by atoms with Crippen LogP contribution in [0.5, 0.6) is 11.6 Å². The standard InChI is InChI=1S/C20H15ClF3N3O4/c1-26(30-12-13-5-3-2-4-6-13)18-10-15(7-8-17(18)27(28)29)31-19-16(21)9-14(11-25-19)20(22,23)24/h2-11H,12H2,1H3. The van der Waals surface area contributed by atoms with Crippen molar-refractivity contribution in [2.75, 3.05) is 12.1 Å². The molecule has 0 aliphatic carbocycles. The van der Waals surface area contributed by atoms with Crippen LogP contribution in [-0.2, 0) is 17.6 Å². The minimum absolute atomic E-state index is 0.0708. The fourth-order valence-electron chi connectivity index (χ4n) is 2.56. The Hall–Kier alpha value is -3.37. The molecule has 0 aliphatic heterocycles. The Morgan fingerprint density at radius 2 is 1.87 bits per heavy atom. The summed E-state index contributed by atoms with van der Waals surface area (Å²) in [5.41, 5.74) is -0.357. The summed E-state index contributed by atoms with van der Waals surface area (Å²) >= 11 is 5.86. The summed E-state index contributed by atoms with van der Waals surface area (Å²) in [5.74, 6) is -0.202. The van der Waals surface area contributed by atoms with Gasteiger partial charge in [-0.25, -0.2) is 10.0 Å². The molecule has 0 N–H and O–H groups in total. The number of nitro groups is 1. The van der Waals surface area contributed by atoms with Gasteiger partial charge in [-0.15, -0.1) is 0 Å². The average molecular weight is 454 g/mol. The van der Waals surface area contributed by atoms with E-state index in [-0.39, 0.29) is 34.6 Å². The predicted molar refractivity (Wildman–Crippen MR) is 107 cm³/mol. The van der Waals surface area contributed by atoms with E-state index in [0.717, 1.165) is 5.56 Å². The Labute approximate surface area is 179 Å². The van der Waals surface area contributed by atoms with Gasteiger partial charge in [0.25, 0.3) is 5.69 Å². The Bertz CT molecular complexity index is 1080. The number of rotatable bonds is 7. The summed E-state index contributed by atoms with van der Waals surface area (Å²) in [6.07, 6.45) is -4.02. The van der Waals surface area contributed by atoms with E-state index in [1.54, 1.807) is 0 Å². The van der Waals surface area contributed by atoms with E-state index in [1.807, 2.05) is 30.3 Å². The van der Waals surface area contributed by atoms with E-state index in [2.05, 4.69) is 4.98 Å². The van der Waals surface area contributed by atoms with Crippen LogP contribution in [0.3, 0.4) is 0 Å². The monoisotopic (exact) mass is 453 g/mol. The second kappa shape index (κ2) is 9.19. The molecule has 3 rings (SSSR count). The molecular weight excluding hydrogens is 439 g/mol. The number of nitrogens with zero attached hydrogens (tertiary/aromatic N) is 3. The normalized spacial score (nSPS) is 11.3.